The number of amides is 2. The Morgan fingerprint density at radius 2 is 1.69 bits per heavy atom. The Hall–Kier alpha value is -3.21. The van der Waals surface area contributed by atoms with Crippen molar-refractivity contribution < 1.29 is 9.59 Å². The number of fused-ring (bicyclic) bond motifs is 1. The summed E-state index contributed by atoms with van der Waals surface area (Å²) in [5.74, 6) is 0.524. The molecule has 1 N–H and O–H groups in total. The molecule has 29 heavy (non-hydrogen) atoms. The average Bonchev–Trinajstić information content (AvgIpc) is 2.78. The third kappa shape index (κ3) is 4.62. The average molecular weight is 387 g/mol. The zero-order valence-corrected chi connectivity index (χ0v) is 16.4. The van der Waals surface area contributed by atoms with Crippen LogP contribution in [-0.2, 0) is 11.2 Å². The summed E-state index contributed by atoms with van der Waals surface area (Å²) in [6.45, 7) is 2.12. The summed E-state index contributed by atoms with van der Waals surface area (Å²) < 4.78 is 0. The van der Waals surface area contributed by atoms with Crippen molar-refractivity contribution in [2.75, 3.05) is 19.6 Å². The molecule has 1 aromatic heterocycles. The first kappa shape index (κ1) is 19.1. The predicted molar refractivity (Wildman–Crippen MR) is 114 cm³/mol. The maximum Gasteiger partial charge on any atom is 0.253 e. The lowest BCUT2D eigenvalue weighted by atomic mass is 9.96. The largest absolute Gasteiger partial charge is 0.356 e. The number of hydrogen-bond acceptors (Lipinski definition) is 3. The molecule has 0 spiro atoms. The standard InChI is InChI=1S/C24H25N3O2/c28-23(16-21-6-3-5-19-4-1-2-7-22(19)21)26-17-18-10-14-27(15-11-18)24(29)20-8-12-25-13-9-20/h1-9,12-13,18H,10-11,14-17H2,(H,26,28). The van der Waals surface area contributed by atoms with Gasteiger partial charge in [0.15, 0.2) is 0 Å². The molecule has 0 bridgehead atoms. The number of piperidine rings is 1. The van der Waals surface area contributed by atoms with Gasteiger partial charge < -0.3 is 10.2 Å². The number of likely N-dealkylation sites (tertiary alicyclic amines) is 1. The van der Waals surface area contributed by atoms with E-state index in [0.717, 1.165) is 42.3 Å². The van der Waals surface area contributed by atoms with Gasteiger partial charge in [-0.1, -0.05) is 42.5 Å². The van der Waals surface area contributed by atoms with Crippen molar-refractivity contribution in [3.05, 3.63) is 78.1 Å². The first-order chi connectivity index (χ1) is 14.2. The molecular weight excluding hydrogens is 362 g/mol. The Balaban J connectivity index is 1.26. The van der Waals surface area contributed by atoms with E-state index in [1.165, 1.54) is 0 Å². The zero-order chi connectivity index (χ0) is 20.1. The van der Waals surface area contributed by atoms with E-state index in [-0.39, 0.29) is 11.8 Å². The van der Waals surface area contributed by atoms with Gasteiger partial charge in [0, 0.05) is 37.6 Å². The summed E-state index contributed by atoms with van der Waals surface area (Å²) in [4.78, 5) is 30.8. The second kappa shape index (κ2) is 8.86. The van der Waals surface area contributed by atoms with Gasteiger partial charge in [0.2, 0.25) is 5.91 Å². The van der Waals surface area contributed by atoms with Crippen LogP contribution in [0.1, 0.15) is 28.8 Å². The van der Waals surface area contributed by atoms with Crippen LogP contribution in [0.15, 0.2) is 67.0 Å². The minimum atomic E-state index is 0.0524. The van der Waals surface area contributed by atoms with Gasteiger partial charge in [-0.25, -0.2) is 0 Å². The third-order valence-corrected chi connectivity index (χ3v) is 5.65. The quantitative estimate of drug-likeness (QED) is 0.729. The lowest BCUT2D eigenvalue weighted by Gasteiger charge is -2.32. The van der Waals surface area contributed by atoms with Crippen LogP contribution in [0.2, 0.25) is 0 Å². The van der Waals surface area contributed by atoms with Crippen molar-refractivity contribution in [1.82, 2.24) is 15.2 Å². The summed E-state index contributed by atoms with van der Waals surface area (Å²) in [6, 6.07) is 17.7. The highest BCUT2D eigenvalue weighted by molar-refractivity contribution is 5.94. The van der Waals surface area contributed by atoms with E-state index in [1.807, 2.05) is 29.2 Å². The summed E-state index contributed by atoms with van der Waals surface area (Å²) in [7, 11) is 0. The van der Waals surface area contributed by atoms with E-state index in [0.29, 0.717) is 24.4 Å². The van der Waals surface area contributed by atoms with Crippen LogP contribution in [0.4, 0.5) is 0 Å². The Labute approximate surface area is 170 Å². The third-order valence-electron chi connectivity index (χ3n) is 5.65. The molecule has 3 aromatic rings. The first-order valence-corrected chi connectivity index (χ1v) is 10.1. The number of benzene rings is 2. The number of nitrogens with zero attached hydrogens (tertiary/aromatic N) is 2. The van der Waals surface area contributed by atoms with Crippen LogP contribution in [-0.4, -0.2) is 41.3 Å². The van der Waals surface area contributed by atoms with Crippen LogP contribution < -0.4 is 5.32 Å². The Morgan fingerprint density at radius 3 is 2.48 bits per heavy atom. The van der Waals surface area contributed by atoms with Crippen LogP contribution >= 0.6 is 0 Å². The van der Waals surface area contributed by atoms with Gasteiger partial charge in [0.25, 0.3) is 5.91 Å². The van der Waals surface area contributed by atoms with Gasteiger partial charge >= 0.3 is 0 Å². The van der Waals surface area contributed by atoms with Gasteiger partial charge in [-0.2, -0.15) is 0 Å². The first-order valence-electron chi connectivity index (χ1n) is 10.1. The van der Waals surface area contributed by atoms with Gasteiger partial charge in [0.1, 0.15) is 0 Å². The van der Waals surface area contributed by atoms with Crippen molar-refractivity contribution in [3.63, 3.8) is 0 Å². The molecule has 4 rings (SSSR count). The number of carbonyl (C=O) groups excluding carboxylic acids is 2. The summed E-state index contributed by atoms with van der Waals surface area (Å²) in [5, 5.41) is 5.38. The molecule has 1 saturated heterocycles. The maximum atomic E-state index is 12.5. The highest BCUT2D eigenvalue weighted by atomic mass is 16.2. The molecule has 0 unspecified atom stereocenters. The fraction of sp³-hybridized carbons (Fsp3) is 0.292. The molecule has 148 valence electrons. The van der Waals surface area contributed by atoms with Crippen molar-refractivity contribution >= 4 is 22.6 Å². The van der Waals surface area contributed by atoms with Crippen LogP contribution in [0, 0.1) is 5.92 Å². The molecule has 0 saturated carbocycles. The number of nitrogens with one attached hydrogen (secondary N) is 1. The van der Waals surface area contributed by atoms with Gasteiger partial charge in [-0.3, -0.25) is 14.6 Å². The van der Waals surface area contributed by atoms with Gasteiger partial charge in [-0.15, -0.1) is 0 Å². The van der Waals surface area contributed by atoms with E-state index < -0.39 is 0 Å². The molecular formula is C24H25N3O2. The normalized spacial score (nSPS) is 14.7. The molecule has 5 heteroatoms. The minimum absolute atomic E-state index is 0.0524. The molecule has 1 aliphatic heterocycles. The fourth-order valence-corrected chi connectivity index (χ4v) is 3.96. The van der Waals surface area contributed by atoms with Crippen molar-refractivity contribution in [3.8, 4) is 0 Å². The topological polar surface area (TPSA) is 62.3 Å². The van der Waals surface area contributed by atoms with E-state index in [9.17, 15) is 9.59 Å². The number of carbonyl (C=O) groups is 2. The van der Waals surface area contributed by atoms with E-state index in [2.05, 4.69) is 28.5 Å². The molecule has 0 aliphatic carbocycles. The molecule has 1 fully saturated rings. The summed E-state index contributed by atoms with van der Waals surface area (Å²) in [5.41, 5.74) is 1.74. The summed E-state index contributed by atoms with van der Waals surface area (Å²) >= 11 is 0. The zero-order valence-electron chi connectivity index (χ0n) is 16.4. The molecule has 5 nitrogen and oxygen atoms in total. The number of hydrogen-bond donors (Lipinski definition) is 1. The van der Waals surface area contributed by atoms with E-state index in [4.69, 9.17) is 0 Å². The smallest absolute Gasteiger partial charge is 0.253 e. The van der Waals surface area contributed by atoms with Crippen LogP contribution in [0.25, 0.3) is 10.8 Å². The molecule has 0 radical (unpaired) electrons. The van der Waals surface area contributed by atoms with E-state index >= 15 is 0 Å². The van der Waals surface area contributed by atoms with Crippen LogP contribution in [0.5, 0.6) is 0 Å². The van der Waals surface area contributed by atoms with Gasteiger partial charge in [0.05, 0.1) is 6.42 Å². The summed E-state index contributed by atoms with van der Waals surface area (Å²) in [6.07, 6.45) is 5.49. The molecule has 0 atom stereocenters. The van der Waals surface area contributed by atoms with Gasteiger partial charge in [-0.05, 0) is 47.2 Å². The maximum absolute atomic E-state index is 12.5. The molecule has 1 aliphatic rings. The van der Waals surface area contributed by atoms with E-state index in [1.54, 1.807) is 24.5 Å². The highest BCUT2D eigenvalue weighted by Crippen LogP contribution is 2.20. The van der Waals surface area contributed by atoms with Crippen molar-refractivity contribution in [1.29, 1.82) is 0 Å². The fourth-order valence-electron chi connectivity index (χ4n) is 3.96. The molecule has 2 aromatic carbocycles. The molecule has 2 heterocycles. The Bertz CT molecular complexity index is 990. The Morgan fingerprint density at radius 1 is 0.966 bits per heavy atom. The predicted octanol–water partition coefficient (Wildman–Crippen LogP) is 3.45. The number of aromatic nitrogens is 1. The SMILES string of the molecule is O=C(Cc1cccc2ccccc12)NCC1CCN(C(=O)c2ccncc2)CC1. The molecule has 2 amide bonds. The second-order valence-electron chi connectivity index (χ2n) is 7.59. The number of rotatable bonds is 5. The van der Waals surface area contributed by atoms with Crippen LogP contribution in [0.3, 0.4) is 0 Å². The monoisotopic (exact) mass is 387 g/mol. The minimum Gasteiger partial charge on any atom is -0.356 e. The number of pyridine rings is 1. The van der Waals surface area contributed by atoms with Crippen molar-refractivity contribution in [2.45, 2.75) is 19.3 Å². The lowest BCUT2D eigenvalue weighted by molar-refractivity contribution is -0.120. The van der Waals surface area contributed by atoms with Crippen molar-refractivity contribution in [2.24, 2.45) is 5.92 Å². The Kier molecular flexibility index (Phi) is 5.84. The lowest BCUT2D eigenvalue weighted by Crippen LogP contribution is -2.41. The second-order valence-corrected chi connectivity index (χ2v) is 7.59. The highest BCUT2D eigenvalue weighted by Gasteiger charge is 2.23.